The van der Waals surface area contributed by atoms with E-state index >= 15 is 0 Å². The van der Waals surface area contributed by atoms with E-state index in [1.807, 2.05) is 37.6 Å². The van der Waals surface area contributed by atoms with Crippen LogP contribution in [0.15, 0.2) is 21.2 Å². The van der Waals surface area contributed by atoms with Gasteiger partial charge in [-0.1, -0.05) is 0 Å². The highest BCUT2D eigenvalue weighted by atomic mass is 79.9. The van der Waals surface area contributed by atoms with Gasteiger partial charge in [-0.3, -0.25) is 0 Å². The zero-order valence-corrected chi connectivity index (χ0v) is 9.92. The van der Waals surface area contributed by atoms with E-state index in [1.165, 1.54) is 0 Å². The largest absolute Gasteiger partial charge is 0.460 e. The van der Waals surface area contributed by atoms with Gasteiger partial charge in [0.2, 0.25) is 0 Å². The van der Waals surface area contributed by atoms with Gasteiger partial charge in [-0.25, -0.2) is 4.98 Å². The van der Waals surface area contributed by atoms with Crippen molar-refractivity contribution in [2.45, 2.75) is 13.8 Å². The molecule has 0 aliphatic heterocycles. The van der Waals surface area contributed by atoms with E-state index in [9.17, 15) is 0 Å². The molecule has 0 aliphatic carbocycles. The molecule has 0 saturated heterocycles. The van der Waals surface area contributed by atoms with Crippen LogP contribution in [-0.4, -0.2) is 9.55 Å². The van der Waals surface area contributed by atoms with E-state index in [0.29, 0.717) is 0 Å². The minimum Gasteiger partial charge on any atom is -0.460 e. The third-order valence-electron chi connectivity index (χ3n) is 2.22. The first-order valence-corrected chi connectivity index (χ1v) is 5.14. The Kier molecular flexibility index (Phi) is 2.23. The molecule has 2 heterocycles. The molecular weight excluding hydrogens is 244 g/mol. The second-order valence-electron chi connectivity index (χ2n) is 3.27. The maximum atomic E-state index is 5.51. The number of hydrogen-bond donors (Lipinski definition) is 0. The number of rotatable bonds is 1. The van der Waals surface area contributed by atoms with Crippen molar-refractivity contribution >= 4 is 15.9 Å². The third kappa shape index (κ3) is 1.39. The molecule has 14 heavy (non-hydrogen) atoms. The zero-order chi connectivity index (χ0) is 10.3. The smallest absolute Gasteiger partial charge is 0.155 e. The standard InChI is InChI=1S/C10H11BrN2O/c1-6-4-5-8(14-6)9-10(11)13(3)7(2)12-9/h4-5H,1-3H3. The Labute approximate surface area is 90.9 Å². The fourth-order valence-electron chi connectivity index (χ4n) is 1.30. The lowest BCUT2D eigenvalue weighted by Crippen LogP contribution is -1.89. The number of halogens is 1. The van der Waals surface area contributed by atoms with Crippen LogP contribution in [0.1, 0.15) is 11.6 Å². The minimum absolute atomic E-state index is 0.804. The van der Waals surface area contributed by atoms with Crippen molar-refractivity contribution in [1.29, 1.82) is 0 Å². The van der Waals surface area contributed by atoms with Crippen molar-refractivity contribution in [3.05, 3.63) is 28.3 Å². The van der Waals surface area contributed by atoms with Gasteiger partial charge in [0.25, 0.3) is 0 Å². The molecule has 0 radical (unpaired) electrons. The van der Waals surface area contributed by atoms with Gasteiger partial charge < -0.3 is 8.98 Å². The Bertz CT molecular complexity index is 470. The Morgan fingerprint density at radius 2 is 2.07 bits per heavy atom. The average molecular weight is 255 g/mol. The monoisotopic (exact) mass is 254 g/mol. The predicted molar refractivity (Wildman–Crippen MR) is 58.1 cm³/mol. The molecule has 4 heteroatoms. The van der Waals surface area contributed by atoms with Crippen LogP contribution in [0.5, 0.6) is 0 Å². The Balaban J connectivity index is 2.57. The Hall–Kier alpha value is -1.03. The maximum absolute atomic E-state index is 5.51. The highest BCUT2D eigenvalue weighted by Crippen LogP contribution is 2.28. The normalized spacial score (nSPS) is 10.9. The van der Waals surface area contributed by atoms with Crippen molar-refractivity contribution < 1.29 is 4.42 Å². The second-order valence-corrected chi connectivity index (χ2v) is 4.02. The van der Waals surface area contributed by atoms with Gasteiger partial charge in [-0.05, 0) is 41.9 Å². The predicted octanol–water partition coefficient (Wildman–Crippen LogP) is 3.06. The van der Waals surface area contributed by atoms with Gasteiger partial charge in [-0.15, -0.1) is 0 Å². The van der Waals surface area contributed by atoms with Crippen LogP contribution in [0.3, 0.4) is 0 Å². The number of furan rings is 1. The molecular formula is C10H11BrN2O. The van der Waals surface area contributed by atoms with Crippen LogP contribution in [0.4, 0.5) is 0 Å². The van der Waals surface area contributed by atoms with Crippen molar-refractivity contribution in [2.24, 2.45) is 7.05 Å². The third-order valence-corrected chi connectivity index (χ3v) is 3.13. The molecule has 0 fully saturated rings. The number of hydrogen-bond acceptors (Lipinski definition) is 2. The number of aryl methyl sites for hydroxylation is 2. The van der Waals surface area contributed by atoms with Crippen LogP contribution in [0.25, 0.3) is 11.5 Å². The highest BCUT2D eigenvalue weighted by Gasteiger charge is 2.14. The molecule has 0 unspecified atom stereocenters. The van der Waals surface area contributed by atoms with Crippen molar-refractivity contribution in [3.63, 3.8) is 0 Å². The number of aromatic nitrogens is 2. The van der Waals surface area contributed by atoms with E-state index in [-0.39, 0.29) is 0 Å². The number of imidazole rings is 1. The summed E-state index contributed by atoms with van der Waals surface area (Å²) in [5.74, 6) is 2.66. The summed E-state index contributed by atoms with van der Waals surface area (Å²) in [7, 11) is 1.96. The van der Waals surface area contributed by atoms with Gasteiger partial charge in [0.1, 0.15) is 21.9 Å². The summed E-state index contributed by atoms with van der Waals surface area (Å²) in [5.41, 5.74) is 0.859. The molecule has 0 atom stereocenters. The summed E-state index contributed by atoms with van der Waals surface area (Å²) in [4.78, 5) is 4.42. The van der Waals surface area contributed by atoms with Gasteiger partial charge >= 0.3 is 0 Å². The van der Waals surface area contributed by atoms with Gasteiger partial charge in [0.05, 0.1) is 0 Å². The zero-order valence-electron chi connectivity index (χ0n) is 8.34. The van der Waals surface area contributed by atoms with Crippen LogP contribution < -0.4 is 0 Å². The van der Waals surface area contributed by atoms with Gasteiger partial charge in [-0.2, -0.15) is 0 Å². The molecule has 0 saturated carbocycles. The van der Waals surface area contributed by atoms with Crippen LogP contribution in [0.2, 0.25) is 0 Å². The maximum Gasteiger partial charge on any atom is 0.155 e. The first kappa shape index (κ1) is 9.52. The second kappa shape index (κ2) is 3.28. The molecule has 74 valence electrons. The molecule has 0 amide bonds. The van der Waals surface area contributed by atoms with E-state index in [4.69, 9.17) is 4.42 Å². The highest BCUT2D eigenvalue weighted by molar-refractivity contribution is 9.10. The van der Waals surface area contributed by atoms with Crippen LogP contribution >= 0.6 is 15.9 Å². The Morgan fingerprint density at radius 1 is 1.36 bits per heavy atom. The molecule has 3 nitrogen and oxygen atoms in total. The molecule has 0 aromatic carbocycles. The topological polar surface area (TPSA) is 31.0 Å². The van der Waals surface area contributed by atoms with Crippen LogP contribution in [-0.2, 0) is 7.05 Å². The van der Waals surface area contributed by atoms with Crippen molar-refractivity contribution in [2.75, 3.05) is 0 Å². The summed E-state index contributed by atoms with van der Waals surface area (Å²) in [5, 5.41) is 0. The van der Waals surface area contributed by atoms with E-state index in [1.54, 1.807) is 0 Å². The summed E-state index contributed by atoms with van der Waals surface area (Å²) >= 11 is 3.49. The summed E-state index contributed by atoms with van der Waals surface area (Å²) < 4.78 is 8.44. The molecule has 0 bridgehead atoms. The average Bonchev–Trinajstić information content (AvgIpc) is 2.66. The SMILES string of the molecule is Cc1ccc(-c2nc(C)n(C)c2Br)o1. The molecule has 2 aromatic rings. The first-order valence-electron chi connectivity index (χ1n) is 4.35. The lowest BCUT2D eigenvalue weighted by Gasteiger charge is -1.95. The summed E-state index contributed by atoms with van der Waals surface area (Å²) in [6.45, 7) is 3.89. The first-order chi connectivity index (χ1) is 6.59. The van der Waals surface area contributed by atoms with Crippen molar-refractivity contribution in [1.82, 2.24) is 9.55 Å². The van der Waals surface area contributed by atoms with Crippen molar-refractivity contribution in [3.8, 4) is 11.5 Å². The Morgan fingerprint density at radius 3 is 2.50 bits per heavy atom. The number of nitrogens with zero attached hydrogens (tertiary/aromatic N) is 2. The molecule has 2 rings (SSSR count). The quantitative estimate of drug-likeness (QED) is 0.784. The molecule has 0 N–H and O–H groups in total. The molecule has 2 aromatic heterocycles. The fraction of sp³-hybridized carbons (Fsp3) is 0.300. The minimum atomic E-state index is 0.804. The van der Waals surface area contributed by atoms with Crippen LogP contribution in [0, 0.1) is 13.8 Å². The summed E-state index contributed by atoms with van der Waals surface area (Å²) in [6, 6.07) is 3.87. The fourth-order valence-corrected chi connectivity index (χ4v) is 1.84. The lowest BCUT2D eigenvalue weighted by molar-refractivity contribution is 0.546. The van der Waals surface area contributed by atoms with Gasteiger partial charge in [0, 0.05) is 7.05 Å². The molecule has 0 spiro atoms. The van der Waals surface area contributed by atoms with E-state index < -0.39 is 0 Å². The van der Waals surface area contributed by atoms with E-state index in [2.05, 4.69) is 20.9 Å². The summed E-state index contributed by atoms with van der Waals surface area (Å²) in [6.07, 6.45) is 0. The van der Waals surface area contributed by atoms with E-state index in [0.717, 1.165) is 27.6 Å². The lowest BCUT2D eigenvalue weighted by atomic mass is 10.3. The van der Waals surface area contributed by atoms with Gasteiger partial charge in [0.15, 0.2) is 5.76 Å². The molecule has 0 aliphatic rings.